The molecule has 1 N–H and O–H groups in total. The van der Waals surface area contributed by atoms with Gasteiger partial charge < -0.3 is 9.73 Å². The molecule has 1 aliphatic carbocycles. The summed E-state index contributed by atoms with van der Waals surface area (Å²) in [5.41, 5.74) is 1.91. The predicted molar refractivity (Wildman–Crippen MR) is 86.0 cm³/mol. The van der Waals surface area contributed by atoms with Crippen molar-refractivity contribution in [3.05, 3.63) is 72.4 Å². The minimum Gasteiger partial charge on any atom is -0.469 e. The summed E-state index contributed by atoms with van der Waals surface area (Å²) in [5, 5.41) is 7.23. The number of benzene rings is 1. The van der Waals surface area contributed by atoms with Gasteiger partial charge in [-0.2, -0.15) is 5.10 Å². The van der Waals surface area contributed by atoms with Crippen molar-refractivity contribution in [2.45, 2.75) is 18.9 Å². The number of nitrogens with zero attached hydrogens (tertiary/aromatic N) is 2. The van der Waals surface area contributed by atoms with Crippen LogP contribution < -0.4 is 5.32 Å². The molecule has 0 bridgehead atoms. The number of nitrogens with one attached hydrogen (secondary N) is 1. The Bertz CT molecular complexity index is 793. The fourth-order valence-corrected chi connectivity index (χ4v) is 2.82. The summed E-state index contributed by atoms with van der Waals surface area (Å²) in [5.74, 6) is 1.14. The van der Waals surface area contributed by atoms with Crippen LogP contribution in [-0.4, -0.2) is 15.7 Å². The Morgan fingerprint density at radius 2 is 2.13 bits per heavy atom. The highest BCUT2D eigenvalue weighted by Crippen LogP contribution is 2.48. The molecule has 3 aromatic rings. The standard InChI is InChI=1S/C18H17N3O2/c22-18(16-9-15(16)17-7-4-8-23-17)20-14-10-19-21(12-14)11-13-5-2-1-3-6-13/h1-8,10,12,15-16H,9,11H2,(H,20,22). The van der Waals surface area contributed by atoms with E-state index in [9.17, 15) is 4.79 Å². The Morgan fingerprint density at radius 3 is 2.91 bits per heavy atom. The first-order valence-corrected chi connectivity index (χ1v) is 7.70. The molecule has 116 valence electrons. The highest BCUT2D eigenvalue weighted by atomic mass is 16.3. The summed E-state index contributed by atoms with van der Waals surface area (Å²) < 4.78 is 7.18. The summed E-state index contributed by atoms with van der Waals surface area (Å²) in [7, 11) is 0. The molecule has 0 aliphatic heterocycles. The van der Waals surface area contributed by atoms with E-state index in [0.717, 1.165) is 17.9 Å². The molecule has 2 atom stereocenters. The van der Waals surface area contributed by atoms with Crippen LogP contribution in [0.15, 0.2) is 65.5 Å². The third-order valence-electron chi connectivity index (χ3n) is 4.12. The Hall–Kier alpha value is -2.82. The lowest BCUT2D eigenvalue weighted by atomic mass is 10.2. The normalized spacial score (nSPS) is 19.5. The minimum absolute atomic E-state index is 0.00127. The van der Waals surface area contributed by atoms with E-state index in [2.05, 4.69) is 22.5 Å². The predicted octanol–water partition coefficient (Wildman–Crippen LogP) is 3.27. The van der Waals surface area contributed by atoms with Gasteiger partial charge in [-0.3, -0.25) is 9.48 Å². The fourth-order valence-electron chi connectivity index (χ4n) is 2.82. The fraction of sp³-hybridized carbons (Fsp3) is 0.222. The molecule has 5 nitrogen and oxygen atoms in total. The molecule has 2 unspecified atom stereocenters. The van der Waals surface area contributed by atoms with E-state index in [-0.39, 0.29) is 17.7 Å². The molecule has 23 heavy (non-hydrogen) atoms. The van der Waals surface area contributed by atoms with Gasteiger partial charge in [0.15, 0.2) is 0 Å². The number of hydrogen-bond acceptors (Lipinski definition) is 3. The second-order valence-corrected chi connectivity index (χ2v) is 5.87. The first kappa shape index (κ1) is 13.8. The van der Waals surface area contributed by atoms with E-state index < -0.39 is 0 Å². The Balaban J connectivity index is 1.36. The van der Waals surface area contributed by atoms with Gasteiger partial charge in [0.1, 0.15) is 5.76 Å². The maximum atomic E-state index is 12.3. The maximum absolute atomic E-state index is 12.3. The lowest BCUT2D eigenvalue weighted by Gasteiger charge is -2.02. The van der Waals surface area contributed by atoms with Gasteiger partial charge in [0.25, 0.3) is 0 Å². The van der Waals surface area contributed by atoms with Crippen LogP contribution in [0.3, 0.4) is 0 Å². The summed E-state index contributed by atoms with van der Waals surface area (Å²) in [6, 6.07) is 13.9. The Morgan fingerprint density at radius 1 is 1.26 bits per heavy atom. The monoisotopic (exact) mass is 307 g/mol. The van der Waals surface area contributed by atoms with Gasteiger partial charge in [0, 0.05) is 18.0 Å². The molecular weight excluding hydrogens is 290 g/mol. The molecule has 4 rings (SSSR count). The summed E-state index contributed by atoms with van der Waals surface area (Å²) >= 11 is 0. The van der Waals surface area contributed by atoms with Gasteiger partial charge in [-0.05, 0) is 24.1 Å². The molecule has 0 saturated heterocycles. The summed E-state index contributed by atoms with van der Waals surface area (Å²) in [4.78, 5) is 12.3. The number of aromatic nitrogens is 2. The number of rotatable bonds is 5. The van der Waals surface area contributed by atoms with Gasteiger partial charge in [-0.25, -0.2) is 0 Å². The number of amides is 1. The molecule has 1 amide bonds. The van der Waals surface area contributed by atoms with Crippen molar-refractivity contribution >= 4 is 11.6 Å². The van der Waals surface area contributed by atoms with Gasteiger partial charge in [0.2, 0.25) is 5.91 Å². The number of furan rings is 1. The molecule has 5 heteroatoms. The van der Waals surface area contributed by atoms with Crippen LogP contribution in [0.4, 0.5) is 5.69 Å². The SMILES string of the molecule is O=C(Nc1cnn(Cc2ccccc2)c1)C1CC1c1ccco1. The number of carbonyl (C=O) groups is 1. The minimum atomic E-state index is -0.00127. The van der Waals surface area contributed by atoms with Crippen molar-refractivity contribution in [2.75, 3.05) is 5.32 Å². The van der Waals surface area contributed by atoms with Crippen LogP contribution in [0.5, 0.6) is 0 Å². The molecule has 1 aromatic carbocycles. The zero-order valence-electron chi connectivity index (χ0n) is 12.6. The maximum Gasteiger partial charge on any atom is 0.228 e. The first-order chi connectivity index (χ1) is 11.3. The molecule has 2 heterocycles. The van der Waals surface area contributed by atoms with Crippen LogP contribution in [0.1, 0.15) is 23.7 Å². The number of carbonyl (C=O) groups excluding carboxylic acids is 1. The van der Waals surface area contributed by atoms with Gasteiger partial charge in [0.05, 0.1) is 24.7 Å². The van der Waals surface area contributed by atoms with Crippen molar-refractivity contribution in [3.63, 3.8) is 0 Å². The van der Waals surface area contributed by atoms with Gasteiger partial charge in [-0.1, -0.05) is 30.3 Å². The van der Waals surface area contributed by atoms with E-state index in [1.54, 1.807) is 12.5 Å². The van der Waals surface area contributed by atoms with Crippen LogP contribution in [0.25, 0.3) is 0 Å². The quantitative estimate of drug-likeness (QED) is 0.787. The first-order valence-electron chi connectivity index (χ1n) is 7.70. The van der Waals surface area contributed by atoms with E-state index in [1.807, 2.05) is 41.2 Å². The third-order valence-corrected chi connectivity index (χ3v) is 4.12. The highest BCUT2D eigenvalue weighted by molar-refractivity contribution is 5.94. The summed E-state index contributed by atoms with van der Waals surface area (Å²) in [6.07, 6.45) is 6.04. The molecule has 0 radical (unpaired) electrons. The largest absolute Gasteiger partial charge is 0.469 e. The lowest BCUT2D eigenvalue weighted by molar-refractivity contribution is -0.117. The molecular formula is C18H17N3O2. The van der Waals surface area contributed by atoms with Crippen molar-refractivity contribution in [2.24, 2.45) is 5.92 Å². The highest BCUT2D eigenvalue weighted by Gasteiger charge is 2.45. The smallest absolute Gasteiger partial charge is 0.228 e. The van der Waals surface area contributed by atoms with Crippen molar-refractivity contribution < 1.29 is 9.21 Å². The molecule has 1 fully saturated rings. The third kappa shape index (κ3) is 3.04. The topological polar surface area (TPSA) is 60.1 Å². The van der Waals surface area contributed by atoms with Crippen molar-refractivity contribution in [1.29, 1.82) is 0 Å². The van der Waals surface area contributed by atoms with Gasteiger partial charge in [-0.15, -0.1) is 0 Å². The van der Waals surface area contributed by atoms with Crippen molar-refractivity contribution in [3.8, 4) is 0 Å². The van der Waals surface area contributed by atoms with Crippen LogP contribution in [0, 0.1) is 5.92 Å². The average Bonchev–Trinajstić information content (AvgIpc) is 2.96. The molecule has 2 aromatic heterocycles. The molecule has 1 aliphatic rings. The van der Waals surface area contributed by atoms with E-state index in [1.165, 1.54) is 5.56 Å². The number of hydrogen-bond donors (Lipinski definition) is 1. The summed E-state index contributed by atoms with van der Waals surface area (Å²) in [6.45, 7) is 0.690. The van der Waals surface area contributed by atoms with Crippen LogP contribution in [0.2, 0.25) is 0 Å². The van der Waals surface area contributed by atoms with Crippen molar-refractivity contribution in [1.82, 2.24) is 9.78 Å². The number of anilines is 1. The Kier molecular flexibility index (Phi) is 3.46. The van der Waals surface area contributed by atoms with Crippen LogP contribution in [-0.2, 0) is 11.3 Å². The molecule has 0 spiro atoms. The second-order valence-electron chi connectivity index (χ2n) is 5.87. The second kappa shape index (κ2) is 5.76. The average molecular weight is 307 g/mol. The Labute approximate surface area is 133 Å². The zero-order valence-corrected chi connectivity index (χ0v) is 12.6. The van der Waals surface area contributed by atoms with E-state index in [4.69, 9.17) is 4.42 Å². The van der Waals surface area contributed by atoms with Crippen LogP contribution >= 0.6 is 0 Å². The molecule has 1 saturated carbocycles. The zero-order chi connectivity index (χ0) is 15.6. The lowest BCUT2D eigenvalue weighted by Crippen LogP contribution is -2.14. The van der Waals surface area contributed by atoms with E-state index in [0.29, 0.717) is 6.54 Å². The van der Waals surface area contributed by atoms with Gasteiger partial charge >= 0.3 is 0 Å². The van der Waals surface area contributed by atoms with E-state index >= 15 is 0 Å².